The van der Waals surface area contributed by atoms with Crippen molar-refractivity contribution in [2.24, 2.45) is 0 Å². The zero-order chi connectivity index (χ0) is 26.3. The number of pyridine rings is 4. The third-order valence-electron chi connectivity index (χ3n) is 6.24. The fraction of sp³-hybridized carbons (Fsp3) is 0. The first-order valence-corrected chi connectivity index (χ1v) is 12.5. The van der Waals surface area contributed by atoms with Crippen molar-refractivity contribution in [2.75, 3.05) is 0 Å². The zero-order valence-electron chi connectivity index (χ0n) is 21.0. The molecule has 0 aliphatic heterocycles. The summed E-state index contributed by atoms with van der Waals surface area (Å²) in [5, 5.41) is 0. The lowest BCUT2D eigenvalue weighted by Crippen LogP contribution is -2.11. The molecule has 6 rings (SSSR count). The predicted octanol–water partition coefficient (Wildman–Crippen LogP) is 6.66. The molecule has 0 N–H and O–H groups in total. The molecule has 0 aliphatic carbocycles. The Bertz CT molecular complexity index is 1430. The van der Waals surface area contributed by atoms with E-state index in [1.165, 1.54) is 0 Å². The van der Waals surface area contributed by atoms with Gasteiger partial charge in [0, 0.05) is 71.8 Å². The first-order chi connectivity index (χ1) is 19.3. The van der Waals surface area contributed by atoms with E-state index in [2.05, 4.69) is 32.1 Å². The summed E-state index contributed by atoms with van der Waals surface area (Å²) in [6.07, 6.45) is 14.4. The van der Waals surface area contributed by atoms with Crippen molar-refractivity contribution < 1.29 is 9.31 Å². The van der Waals surface area contributed by atoms with Gasteiger partial charge in [-0.15, -0.1) is 0 Å². The van der Waals surface area contributed by atoms with Gasteiger partial charge in [-0.1, -0.05) is 24.3 Å². The van der Waals surface area contributed by atoms with Crippen molar-refractivity contribution in [3.05, 3.63) is 135 Å². The average molecular weight is 506 g/mol. The lowest BCUT2D eigenvalue weighted by molar-refractivity contribution is 0.459. The van der Waals surface area contributed by atoms with Gasteiger partial charge in [-0.3, -0.25) is 19.9 Å². The van der Waals surface area contributed by atoms with Crippen LogP contribution in [0.15, 0.2) is 135 Å². The Morgan fingerprint density at radius 2 is 0.692 bits per heavy atom. The highest BCUT2D eigenvalue weighted by Crippen LogP contribution is 2.33. The molecule has 0 fully saturated rings. The van der Waals surface area contributed by atoms with Crippen molar-refractivity contribution >= 4 is 7.69 Å². The van der Waals surface area contributed by atoms with Gasteiger partial charge in [0.1, 0.15) is 11.5 Å². The fourth-order valence-corrected chi connectivity index (χ4v) is 4.33. The largest absolute Gasteiger partial charge is 0.576 e. The predicted molar refractivity (Wildman–Crippen MR) is 154 cm³/mol. The van der Waals surface area contributed by atoms with Crippen molar-refractivity contribution in [1.82, 2.24) is 19.9 Å². The third kappa shape index (κ3) is 5.83. The van der Waals surface area contributed by atoms with E-state index in [1.807, 2.05) is 97.6 Å². The highest BCUT2D eigenvalue weighted by Gasteiger charge is 2.11. The molecular formula is C32H23BN4O2. The monoisotopic (exact) mass is 506 g/mol. The lowest BCUT2D eigenvalue weighted by atomic mass is 10.00. The van der Waals surface area contributed by atoms with E-state index in [4.69, 9.17) is 9.31 Å². The SMILES string of the molecule is B(Oc1cc(-c2cccnc2)cc(-c2cccnc2)c1)Oc1cc(-c2cccnc2)cc(-c2cccnc2)c1. The van der Waals surface area contributed by atoms with Crippen LogP contribution >= 0.6 is 0 Å². The van der Waals surface area contributed by atoms with Crippen molar-refractivity contribution in [3.63, 3.8) is 0 Å². The van der Waals surface area contributed by atoms with Gasteiger partial charge >= 0.3 is 7.69 Å². The summed E-state index contributed by atoms with van der Waals surface area (Å²) in [5.41, 5.74) is 7.99. The first-order valence-electron chi connectivity index (χ1n) is 12.5. The zero-order valence-corrected chi connectivity index (χ0v) is 21.0. The number of hydrogen-bond acceptors (Lipinski definition) is 6. The minimum atomic E-state index is 0.0337. The van der Waals surface area contributed by atoms with E-state index in [0.29, 0.717) is 11.5 Å². The highest BCUT2D eigenvalue weighted by atomic mass is 16.6. The van der Waals surface area contributed by atoms with E-state index in [1.54, 1.807) is 24.8 Å². The second kappa shape index (κ2) is 11.4. The Hall–Kier alpha value is -5.30. The van der Waals surface area contributed by atoms with Crippen molar-refractivity contribution in [1.29, 1.82) is 0 Å². The molecule has 0 amide bonds. The molecule has 6 aromatic rings. The first kappa shape index (κ1) is 24.1. The maximum Gasteiger partial charge on any atom is 0.576 e. The van der Waals surface area contributed by atoms with Gasteiger partial charge in [-0.2, -0.15) is 0 Å². The van der Waals surface area contributed by atoms with Crippen LogP contribution in [0.3, 0.4) is 0 Å². The van der Waals surface area contributed by atoms with Gasteiger partial charge in [0.15, 0.2) is 0 Å². The molecule has 39 heavy (non-hydrogen) atoms. The van der Waals surface area contributed by atoms with Crippen LogP contribution < -0.4 is 9.31 Å². The number of hydrogen-bond donors (Lipinski definition) is 0. The van der Waals surface area contributed by atoms with E-state index >= 15 is 0 Å². The van der Waals surface area contributed by atoms with Crippen LogP contribution in [-0.4, -0.2) is 27.6 Å². The average Bonchev–Trinajstić information content (AvgIpc) is 3.02. The molecular weight excluding hydrogens is 483 g/mol. The van der Waals surface area contributed by atoms with E-state index in [9.17, 15) is 0 Å². The Morgan fingerprint density at radius 1 is 0.385 bits per heavy atom. The second-order valence-electron chi connectivity index (χ2n) is 8.87. The molecule has 0 atom stereocenters. The molecule has 0 saturated heterocycles. The maximum atomic E-state index is 6.14. The number of nitrogens with zero attached hydrogens (tertiary/aromatic N) is 4. The van der Waals surface area contributed by atoms with Crippen molar-refractivity contribution in [2.45, 2.75) is 0 Å². The van der Waals surface area contributed by atoms with Crippen molar-refractivity contribution in [3.8, 4) is 56.0 Å². The second-order valence-corrected chi connectivity index (χ2v) is 8.87. The molecule has 0 saturated carbocycles. The summed E-state index contributed by atoms with van der Waals surface area (Å²) in [7, 11) is 0.0337. The third-order valence-corrected chi connectivity index (χ3v) is 6.24. The topological polar surface area (TPSA) is 70.0 Å². The van der Waals surface area contributed by atoms with Crippen LogP contribution in [-0.2, 0) is 0 Å². The Kier molecular flexibility index (Phi) is 7.03. The molecule has 4 heterocycles. The molecule has 4 aromatic heterocycles. The summed E-state index contributed by atoms with van der Waals surface area (Å²) in [5.74, 6) is 1.37. The van der Waals surface area contributed by atoms with Crippen LogP contribution in [0, 0.1) is 0 Å². The highest BCUT2D eigenvalue weighted by molar-refractivity contribution is 6.20. The minimum absolute atomic E-state index is 0.0337. The number of aromatic nitrogens is 4. The van der Waals surface area contributed by atoms with Crippen LogP contribution in [0.2, 0.25) is 0 Å². The molecule has 0 unspecified atom stereocenters. The van der Waals surface area contributed by atoms with Gasteiger partial charge in [-0.05, 0) is 82.9 Å². The van der Waals surface area contributed by atoms with Gasteiger partial charge < -0.3 is 9.31 Å². The van der Waals surface area contributed by atoms with Gasteiger partial charge in [0.05, 0.1) is 0 Å². The fourth-order valence-electron chi connectivity index (χ4n) is 4.33. The van der Waals surface area contributed by atoms with E-state index in [0.717, 1.165) is 44.5 Å². The van der Waals surface area contributed by atoms with E-state index < -0.39 is 0 Å². The van der Waals surface area contributed by atoms with Gasteiger partial charge in [-0.25, -0.2) is 0 Å². The summed E-state index contributed by atoms with van der Waals surface area (Å²) in [4.78, 5) is 17.1. The number of benzene rings is 2. The van der Waals surface area contributed by atoms with Gasteiger partial charge in [0.25, 0.3) is 0 Å². The lowest BCUT2D eigenvalue weighted by Gasteiger charge is -2.14. The Balaban J connectivity index is 1.29. The summed E-state index contributed by atoms with van der Waals surface area (Å²) in [6.45, 7) is 0. The molecule has 0 aliphatic rings. The molecule has 0 spiro atoms. The molecule has 7 heteroatoms. The molecule has 6 nitrogen and oxygen atoms in total. The maximum absolute atomic E-state index is 6.14. The summed E-state index contributed by atoms with van der Waals surface area (Å²) < 4.78 is 12.3. The molecule has 186 valence electrons. The van der Waals surface area contributed by atoms with Gasteiger partial charge in [0.2, 0.25) is 0 Å². The smallest absolute Gasteiger partial charge is 0.528 e. The minimum Gasteiger partial charge on any atom is -0.528 e. The van der Waals surface area contributed by atoms with Crippen LogP contribution in [0.5, 0.6) is 11.5 Å². The molecule has 0 radical (unpaired) electrons. The summed E-state index contributed by atoms with van der Waals surface area (Å²) >= 11 is 0. The van der Waals surface area contributed by atoms with Crippen LogP contribution in [0.25, 0.3) is 44.5 Å². The van der Waals surface area contributed by atoms with Crippen LogP contribution in [0.1, 0.15) is 0 Å². The number of rotatable bonds is 8. The van der Waals surface area contributed by atoms with E-state index in [-0.39, 0.29) is 7.69 Å². The molecule has 2 aromatic carbocycles. The quantitative estimate of drug-likeness (QED) is 0.215. The Morgan fingerprint density at radius 3 is 0.949 bits per heavy atom. The summed E-state index contributed by atoms with van der Waals surface area (Å²) in [6, 6.07) is 28.0. The molecule has 0 bridgehead atoms. The Labute approximate surface area is 227 Å². The standard InChI is InChI=1S/C32H23BN4O2/c1-5-23(19-34-9-1)27-13-28(24-6-2-10-35-20-24)16-31(15-27)38-33-39-32-17-29(25-7-3-11-36-21-25)14-30(18-32)26-8-4-12-37-22-26/h1-22,33H. The van der Waals surface area contributed by atoms with Crippen LogP contribution in [0.4, 0.5) is 0 Å². The normalized spacial score (nSPS) is 10.6.